The summed E-state index contributed by atoms with van der Waals surface area (Å²) in [4.78, 5) is 13.6. The molecule has 0 spiro atoms. The molecule has 0 aromatic rings. The van der Waals surface area contributed by atoms with E-state index in [-0.39, 0.29) is 12.5 Å². The first-order valence-electron chi connectivity index (χ1n) is 6.33. The molecule has 94 valence electrons. The fraction of sp³-hybridized carbons (Fsp3) is 0.917. The van der Waals surface area contributed by atoms with Crippen LogP contribution < -0.4 is 5.32 Å². The van der Waals surface area contributed by atoms with Crippen LogP contribution in [0.3, 0.4) is 0 Å². The van der Waals surface area contributed by atoms with Gasteiger partial charge in [-0.1, -0.05) is 13.8 Å². The largest absolute Gasteiger partial charge is 0.396 e. The molecule has 4 heteroatoms. The maximum absolute atomic E-state index is 11.7. The topological polar surface area (TPSA) is 52.6 Å². The highest BCUT2D eigenvalue weighted by Gasteiger charge is 2.28. The molecule has 0 aromatic carbocycles. The Morgan fingerprint density at radius 1 is 1.44 bits per heavy atom. The summed E-state index contributed by atoms with van der Waals surface area (Å²) < 4.78 is 0. The molecule has 2 N–H and O–H groups in total. The van der Waals surface area contributed by atoms with Crippen molar-refractivity contribution in [3.8, 4) is 0 Å². The predicted octanol–water partition coefficient (Wildman–Crippen LogP) is 0.605. The van der Waals surface area contributed by atoms with E-state index in [1.54, 1.807) is 0 Å². The van der Waals surface area contributed by atoms with E-state index in [4.69, 9.17) is 5.11 Å². The first-order chi connectivity index (χ1) is 7.71. The molecular weight excluding hydrogens is 204 g/mol. The van der Waals surface area contributed by atoms with Crippen LogP contribution in [0.2, 0.25) is 0 Å². The first-order valence-corrected chi connectivity index (χ1v) is 6.33. The van der Waals surface area contributed by atoms with E-state index in [0.717, 1.165) is 32.5 Å². The highest BCUT2D eigenvalue weighted by molar-refractivity contribution is 5.76. The van der Waals surface area contributed by atoms with Crippen molar-refractivity contribution in [2.75, 3.05) is 26.2 Å². The van der Waals surface area contributed by atoms with Gasteiger partial charge in [-0.15, -0.1) is 0 Å². The fourth-order valence-corrected chi connectivity index (χ4v) is 2.46. The Morgan fingerprint density at radius 3 is 2.75 bits per heavy atom. The molecule has 1 rings (SSSR count). The smallest absolute Gasteiger partial charge is 0.222 e. The lowest BCUT2D eigenvalue weighted by molar-refractivity contribution is -0.133. The van der Waals surface area contributed by atoms with Crippen molar-refractivity contribution < 1.29 is 9.90 Å². The van der Waals surface area contributed by atoms with Gasteiger partial charge in [0.1, 0.15) is 0 Å². The van der Waals surface area contributed by atoms with E-state index in [1.165, 1.54) is 0 Å². The Balaban J connectivity index is 2.54. The third-order valence-electron chi connectivity index (χ3n) is 3.22. The van der Waals surface area contributed by atoms with Gasteiger partial charge in [0.2, 0.25) is 5.91 Å². The van der Waals surface area contributed by atoms with Crippen molar-refractivity contribution in [2.24, 2.45) is 5.92 Å². The van der Waals surface area contributed by atoms with Crippen LogP contribution in [0.25, 0.3) is 0 Å². The second-order valence-electron chi connectivity index (χ2n) is 4.52. The molecule has 1 amide bonds. The molecule has 1 saturated heterocycles. The Bertz CT molecular complexity index is 207. The van der Waals surface area contributed by atoms with Gasteiger partial charge in [-0.3, -0.25) is 4.79 Å². The number of rotatable bonds is 5. The van der Waals surface area contributed by atoms with Gasteiger partial charge in [0.25, 0.3) is 0 Å². The molecule has 1 fully saturated rings. The lowest BCUT2D eigenvalue weighted by atomic mass is 9.91. The summed E-state index contributed by atoms with van der Waals surface area (Å²) >= 11 is 0. The average Bonchev–Trinajstić information content (AvgIpc) is 2.28. The van der Waals surface area contributed by atoms with Crippen LogP contribution in [-0.2, 0) is 4.79 Å². The number of carbonyl (C=O) groups is 1. The van der Waals surface area contributed by atoms with Crippen LogP contribution in [0.1, 0.15) is 33.1 Å². The number of likely N-dealkylation sites (tertiary alicyclic amines) is 1. The van der Waals surface area contributed by atoms with Crippen molar-refractivity contribution in [1.82, 2.24) is 10.2 Å². The molecule has 0 aromatic heterocycles. The Kier molecular flexibility index (Phi) is 5.77. The van der Waals surface area contributed by atoms with Gasteiger partial charge >= 0.3 is 0 Å². The molecule has 1 aliphatic heterocycles. The summed E-state index contributed by atoms with van der Waals surface area (Å²) in [6.45, 7) is 6.78. The number of likely N-dealkylation sites (N-methyl/N-ethyl adjacent to an activating group) is 1. The molecule has 0 radical (unpaired) electrons. The summed E-state index contributed by atoms with van der Waals surface area (Å²) in [7, 11) is 0. The van der Waals surface area contributed by atoms with Crippen molar-refractivity contribution in [1.29, 1.82) is 0 Å². The van der Waals surface area contributed by atoms with Gasteiger partial charge in [0.05, 0.1) is 0 Å². The molecule has 16 heavy (non-hydrogen) atoms. The summed E-state index contributed by atoms with van der Waals surface area (Å²) in [6, 6.07) is 0.394. The number of aliphatic hydroxyl groups is 1. The van der Waals surface area contributed by atoms with Crippen molar-refractivity contribution in [2.45, 2.75) is 39.2 Å². The number of amides is 1. The van der Waals surface area contributed by atoms with Gasteiger partial charge in [0.15, 0.2) is 0 Å². The number of nitrogens with zero attached hydrogens (tertiary/aromatic N) is 1. The van der Waals surface area contributed by atoms with Crippen LogP contribution in [0.15, 0.2) is 0 Å². The highest BCUT2D eigenvalue weighted by Crippen LogP contribution is 2.20. The number of piperidine rings is 1. The highest BCUT2D eigenvalue weighted by atomic mass is 16.3. The maximum atomic E-state index is 11.7. The lowest BCUT2D eigenvalue weighted by Gasteiger charge is -2.38. The Labute approximate surface area is 98.0 Å². The minimum absolute atomic E-state index is 0.220. The molecule has 0 bridgehead atoms. The molecule has 4 nitrogen and oxygen atoms in total. The van der Waals surface area contributed by atoms with Crippen molar-refractivity contribution >= 4 is 5.91 Å². The first kappa shape index (κ1) is 13.5. The maximum Gasteiger partial charge on any atom is 0.222 e. The van der Waals surface area contributed by atoms with E-state index in [2.05, 4.69) is 12.2 Å². The Morgan fingerprint density at radius 2 is 2.19 bits per heavy atom. The minimum Gasteiger partial charge on any atom is -0.396 e. The van der Waals surface area contributed by atoms with Gasteiger partial charge in [0, 0.05) is 32.2 Å². The zero-order valence-electron chi connectivity index (χ0n) is 10.4. The zero-order chi connectivity index (χ0) is 12.0. The number of nitrogens with one attached hydrogen (secondary N) is 1. The summed E-state index contributed by atoms with van der Waals surface area (Å²) in [5, 5.41) is 12.4. The van der Waals surface area contributed by atoms with Crippen LogP contribution >= 0.6 is 0 Å². The number of carbonyl (C=O) groups excluding carboxylic acids is 1. The van der Waals surface area contributed by atoms with Gasteiger partial charge < -0.3 is 15.3 Å². The summed E-state index contributed by atoms with van der Waals surface area (Å²) in [5.41, 5.74) is 0. The second-order valence-corrected chi connectivity index (χ2v) is 4.52. The SMILES string of the molecule is CCNC1CC(CCO)CN(C(=O)CC)C1. The van der Waals surface area contributed by atoms with Crippen molar-refractivity contribution in [3.63, 3.8) is 0 Å². The monoisotopic (exact) mass is 228 g/mol. The third kappa shape index (κ3) is 3.76. The molecular formula is C12H24N2O2. The standard InChI is InChI=1S/C12H24N2O2/c1-3-12(16)14-8-10(5-6-15)7-11(9-14)13-4-2/h10-11,13,15H,3-9H2,1-2H3. The molecule has 1 heterocycles. The van der Waals surface area contributed by atoms with Gasteiger partial charge in [-0.05, 0) is 25.3 Å². The summed E-state index contributed by atoms with van der Waals surface area (Å²) in [5.74, 6) is 0.670. The van der Waals surface area contributed by atoms with E-state index in [0.29, 0.717) is 18.4 Å². The summed E-state index contributed by atoms with van der Waals surface area (Å²) in [6.07, 6.45) is 2.45. The van der Waals surface area contributed by atoms with E-state index in [1.807, 2.05) is 11.8 Å². The predicted molar refractivity (Wildman–Crippen MR) is 64.1 cm³/mol. The molecule has 1 aliphatic rings. The number of aliphatic hydroxyl groups excluding tert-OH is 1. The molecule has 2 atom stereocenters. The van der Waals surface area contributed by atoms with E-state index >= 15 is 0 Å². The third-order valence-corrected chi connectivity index (χ3v) is 3.22. The molecule has 2 unspecified atom stereocenters. The fourth-order valence-electron chi connectivity index (χ4n) is 2.46. The number of hydrogen-bond acceptors (Lipinski definition) is 3. The van der Waals surface area contributed by atoms with Crippen LogP contribution in [0.5, 0.6) is 0 Å². The van der Waals surface area contributed by atoms with Gasteiger partial charge in [-0.25, -0.2) is 0 Å². The van der Waals surface area contributed by atoms with Crippen molar-refractivity contribution in [3.05, 3.63) is 0 Å². The quantitative estimate of drug-likeness (QED) is 0.725. The number of hydrogen-bond donors (Lipinski definition) is 2. The minimum atomic E-state index is 0.220. The normalized spacial score (nSPS) is 25.8. The zero-order valence-corrected chi connectivity index (χ0v) is 10.4. The average molecular weight is 228 g/mol. The van der Waals surface area contributed by atoms with Crippen LogP contribution in [0, 0.1) is 5.92 Å². The molecule has 0 saturated carbocycles. The van der Waals surface area contributed by atoms with Crippen LogP contribution in [0.4, 0.5) is 0 Å². The Hall–Kier alpha value is -0.610. The van der Waals surface area contributed by atoms with Gasteiger partial charge in [-0.2, -0.15) is 0 Å². The van der Waals surface area contributed by atoms with E-state index in [9.17, 15) is 4.79 Å². The second kappa shape index (κ2) is 6.86. The van der Waals surface area contributed by atoms with E-state index < -0.39 is 0 Å². The molecule has 0 aliphatic carbocycles. The lowest BCUT2D eigenvalue weighted by Crippen LogP contribution is -2.51. The van der Waals surface area contributed by atoms with Crippen LogP contribution in [-0.4, -0.2) is 48.2 Å².